The first-order chi connectivity index (χ1) is 12.6. The Kier molecular flexibility index (Phi) is 6.01. The Bertz CT molecular complexity index is 648. The van der Waals surface area contributed by atoms with E-state index in [0.29, 0.717) is 19.7 Å². The molecule has 1 aromatic rings. The third-order valence-corrected chi connectivity index (χ3v) is 5.31. The van der Waals surface area contributed by atoms with Crippen molar-refractivity contribution in [1.29, 1.82) is 0 Å². The summed E-state index contributed by atoms with van der Waals surface area (Å²) in [6.45, 7) is 4.06. The zero-order valence-electron chi connectivity index (χ0n) is 15.6. The van der Waals surface area contributed by atoms with Crippen molar-refractivity contribution < 1.29 is 19.1 Å². The van der Waals surface area contributed by atoms with Crippen LogP contribution in [0.2, 0.25) is 0 Å². The highest BCUT2D eigenvalue weighted by Crippen LogP contribution is 2.35. The quantitative estimate of drug-likeness (QED) is 0.827. The standard InChI is InChI=1S/C20H28N2O4/c1-3-26-20(24)21-11-5-8-16(14-21)19(23)22-12-6-10-18(22)15-7-4-9-17(13-15)25-2/h4,7,9,13,16,18H,3,5-6,8,10-12,14H2,1-2H3. The molecule has 0 aromatic heterocycles. The molecule has 2 saturated heterocycles. The minimum absolute atomic E-state index is 0.0931. The van der Waals surface area contributed by atoms with Crippen molar-refractivity contribution in [1.82, 2.24) is 9.80 Å². The highest BCUT2D eigenvalue weighted by molar-refractivity contribution is 5.81. The Balaban J connectivity index is 1.70. The molecular formula is C20H28N2O4. The zero-order chi connectivity index (χ0) is 18.5. The van der Waals surface area contributed by atoms with Gasteiger partial charge in [0.25, 0.3) is 0 Å². The fourth-order valence-corrected chi connectivity index (χ4v) is 4.02. The summed E-state index contributed by atoms with van der Waals surface area (Å²) in [5.74, 6) is 0.830. The van der Waals surface area contributed by atoms with Gasteiger partial charge in [0, 0.05) is 19.6 Å². The van der Waals surface area contributed by atoms with Gasteiger partial charge in [-0.05, 0) is 50.3 Å². The smallest absolute Gasteiger partial charge is 0.409 e. The molecule has 2 fully saturated rings. The Hall–Kier alpha value is -2.24. The molecule has 1 aromatic carbocycles. The number of amides is 2. The highest BCUT2D eigenvalue weighted by atomic mass is 16.6. The van der Waals surface area contributed by atoms with Crippen molar-refractivity contribution in [2.24, 2.45) is 5.92 Å². The van der Waals surface area contributed by atoms with Crippen molar-refractivity contribution in [3.05, 3.63) is 29.8 Å². The van der Waals surface area contributed by atoms with Crippen LogP contribution in [0.5, 0.6) is 5.75 Å². The van der Waals surface area contributed by atoms with Gasteiger partial charge in [0.15, 0.2) is 0 Å². The van der Waals surface area contributed by atoms with Crippen molar-refractivity contribution in [3.8, 4) is 5.75 Å². The third-order valence-electron chi connectivity index (χ3n) is 5.31. The van der Waals surface area contributed by atoms with E-state index in [4.69, 9.17) is 9.47 Å². The monoisotopic (exact) mass is 360 g/mol. The SMILES string of the molecule is CCOC(=O)N1CCCC(C(=O)N2CCCC2c2cccc(OC)c2)C1. The summed E-state index contributed by atoms with van der Waals surface area (Å²) in [6.07, 6.45) is 3.33. The second kappa shape index (κ2) is 8.43. The molecule has 2 heterocycles. The average molecular weight is 360 g/mol. The molecule has 2 unspecified atom stereocenters. The van der Waals surface area contributed by atoms with E-state index in [0.717, 1.165) is 43.5 Å². The molecule has 6 nitrogen and oxygen atoms in total. The average Bonchev–Trinajstić information content (AvgIpc) is 3.17. The van der Waals surface area contributed by atoms with Gasteiger partial charge in [-0.3, -0.25) is 4.79 Å². The first kappa shape index (κ1) is 18.5. The molecule has 0 aliphatic carbocycles. The summed E-state index contributed by atoms with van der Waals surface area (Å²) in [6, 6.07) is 8.06. The number of nitrogens with zero attached hydrogens (tertiary/aromatic N) is 2. The van der Waals surface area contributed by atoms with E-state index in [1.54, 1.807) is 18.9 Å². The second-order valence-corrected chi connectivity index (χ2v) is 6.95. The lowest BCUT2D eigenvalue weighted by molar-refractivity contribution is -0.138. The summed E-state index contributed by atoms with van der Waals surface area (Å²) in [7, 11) is 1.66. The molecule has 0 N–H and O–H groups in total. The fourth-order valence-electron chi connectivity index (χ4n) is 4.02. The zero-order valence-corrected chi connectivity index (χ0v) is 15.6. The van der Waals surface area contributed by atoms with Crippen LogP contribution < -0.4 is 4.74 Å². The number of hydrogen-bond donors (Lipinski definition) is 0. The topological polar surface area (TPSA) is 59.1 Å². The van der Waals surface area contributed by atoms with Gasteiger partial charge in [0.2, 0.25) is 5.91 Å². The molecule has 0 spiro atoms. The van der Waals surface area contributed by atoms with Crippen LogP contribution in [-0.4, -0.2) is 55.2 Å². The Morgan fingerprint density at radius 1 is 1.19 bits per heavy atom. The number of rotatable bonds is 4. The normalized spacial score (nSPS) is 23.0. The number of piperidine rings is 1. The lowest BCUT2D eigenvalue weighted by Gasteiger charge is -2.35. The van der Waals surface area contributed by atoms with Crippen LogP contribution in [-0.2, 0) is 9.53 Å². The fraction of sp³-hybridized carbons (Fsp3) is 0.600. The second-order valence-electron chi connectivity index (χ2n) is 6.95. The van der Waals surface area contributed by atoms with E-state index in [9.17, 15) is 9.59 Å². The maximum Gasteiger partial charge on any atom is 0.409 e. The number of hydrogen-bond acceptors (Lipinski definition) is 4. The van der Waals surface area contributed by atoms with Crippen LogP contribution in [0.4, 0.5) is 4.79 Å². The van der Waals surface area contributed by atoms with E-state index in [1.165, 1.54) is 0 Å². The summed E-state index contributed by atoms with van der Waals surface area (Å²) in [5.41, 5.74) is 1.12. The predicted octanol–water partition coefficient (Wildman–Crippen LogP) is 3.23. The molecule has 142 valence electrons. The minimum Gasteiger partial charge on any atom is -0.497 e. The lowest BCUT2D eigenvalue weighted by atomic mass is 9.95. The van der Waals surface area contributed by atoms with E-state index in [2.05, 4.69) is 6.07 Å². The van der Waals surface area contributed by atoms with Crippen molar-refractivity contribution in [2.75, 3.05) is 33.4 Å². The molecule has 2 amide bonds. The first-order valence-corrected chi connectivity index (χ1v) is 9.50. The third kappa shape index (κ3) is 3.94. The van der Waals surface area contributed by atoms with Gasteiger partial charge in [-0.1, -0.05) is 12.1 Å². The number of carbonyl (C=O) groups excluding carboxylic acids is 2. The molecule has 2 atom stereocenters. The molecule has 26 heavy (non-hydrogen) atoms. The summed E-state index contributed by atoms with van der Waals surface area (Å²) in [4.78, 5) is 28.9. The number of likely N-dealkylation sites (tertiary alicyclic amines) is 2. The van der Waals surface area contributed by atoms with Gasteiger partial charge >= 0.3 is 6.09 Å². The highest BCUT2D eigenvalue weighted by Gasteiger charge is 2.37. The van der Waals surface area contributed by atoms with Gasteiger partial charge in [-0.2, -0.15) is 0 Å². The van der Waals surface area contributed by atoms with Crippen molar-refractivity contribution >= 4 is 12.0 Å². The van der Waals surface area contributed by atoms with E-state index in [1.807, 2.05) is 23.1 Å². The van der Waals surface area contributed by atoms with Gasteiger partial charge in [-0.15, -0.1) is 0 Å². The molecule has 2 aliphatic rings. The molecular weight excluding hydrogens is 332 g/mol. The first-order valence-electron chi connectivity index (χ1n) is 9.50. The van der Waals surface area contributed by atoms with Gasteiger partial charge in [0.1, 0.15) is 5.75 Å². The van der Waals surface area contributed by atoms with E-state index in [-0.39, 0.29) is 24.0 Å². The number of methoxy groups -OCH3 is 1. The minimum atomic E-state index is -0.309. The molecule has 2 aliphatic heterocycles. The predicted molar refractivity (Wildman–Crippen MR) is 98.0 cm³/mol. The van der Waals surface area contributed by atoms with Crippen LogP contribution in [0.1, 0.15) is 44.2 Å². The van der Waals surface area contributed by atoms with Crippen LogP contribution in [0.15, 0.2) is 24.3 Å². The molecule has 0 radical (unpaired) electrons. The van der Waals surface area contributed by atoms with Crippen LogP contribution >= 0.6 is 0 Å². The van der Waals surface area contributed by atoms with Crippen molar-refractivity contribution in [3.63, 3.8) is 0 Å². The summed E-state index contributed by atoms with van der Waals surface area (Å²) < 4.78 is 10.4. The van der Waals surface area contributed by atoms with E-state index >= 15 is 0 Å². The number of benzene rings is 1. The number of ether oxygens (including phenoxy) is 2. The largest absolute Gasteiger partial charge is 0.497 e. The van der Waals surface area contributed by atoms with Gasteiger partial charge < -0.3 is 19.3 Å². The lowest BCUT2D eigenvalue weighted by Crippen LogP contribution is -2.46. The maximum atomic E-state index is 13.2. The molecule has 0 saturated carbocycles. The van der Waals surface area contributed by atoms with Crippen LogP contribution in [0.3, 0.4) is 0 Å². The van der Waals surface area contributed by atoms with Crippen LogP contribution in [0.25, 0.3) is 0 Å². The van der Waals surface area contributed by atoms with Crippen molar-refractivity contribution in [2.45, 2.75) is 38.6 Å². The van der Waals surface area contributed by atoms with E-state index < -0.39 is 0 Å². The Labute approximate surface area is 155 Å². The van der Waals surface area contributed by atoms with Crippen LogP contribution in [0, 0.1) is 5.92 Å². The summed E-state index contributed by atoms with van der Waals surface area (Å²) >= 11 is 0. The number of carbonyl (C=O) groups is 2. The Morgan fingerprint density at radius 3 is 2.77 bits per heavy atom. The van der Waals surface area contributed by atoms with Gasteiger partial charge in [0.05, 0.1) is 25.7 Å². The van der Waals surface area contributed by atoms with Gasteiger partial charge in [-0.25, -0.2) is 4.79 Å². The Morgan fingerprint density at radius 2 is 2.00 bits per heavy atom. The summed E-state index contributed by atoms with van der Waals surface area (Å²) in [5, 5.41) is 0. The maximum absolute atomic E-state index is 13.2. The molecule has 6 heteroatoms. The molecule has 3 rings (SSSR count). The molecule has 0 bridgehead atoms.